The topological polar surface area (TPSA) is 99.5 Å². The molecule has 0 bridgehead atoms. The van der Waals surface area contributed by atoms with Gasteiger partial charge in [-0.1, -0.05) is 17.3 Å². The summed E-state index contributed by atoms with van der Waals surface area (Å²) in [6.07, 6.45) is 2.64. The predicted molar refractivity (Wildman–Crippen MR) is 113 cm³/mol. The molecule has 160 valence electrons. The van der Waals surface area contributed by atoms with Crippen molar-refractivity contribution in [3.05, 3.63) is 36.4 Å². The third-order valence-electron chi connectivity index (χ3n) is 5.38. The highest BCUT2D eigenvalue weighted by Crippen LogP contribution is 2.21. The fourth-order valence-electron chi connectivity index (χ4n) is 3.64. The van der Waals surface area contributed by atoms with Crippen LogP contribution in [0.4, 0.5) is 0 Å². The van der Waals surface area contributed by atoms with Crippen molar-refractivity contribution in [1.29, 1.82) is 0 Å². The zero-order valence-corrected chi connectivity index (χ0v) is 17.3. The standard InChI is InChI=1S/C21H28N6O3/c1-29-13-7-23-19(28)15-27-11-9-26(10-12-27)8-5-20-24-21(25-30-20)17-3-2-16-4-6-22-18(16)14-17/h2-4,6,14,22H,5,7-13,15H2,1H3,(H,23,28). The molecular weight excluding hydrogens is 384 g/mol. The fourth-order valence-corrected chi connectivity index (χ4v) is 3.64. The van der Waals surface area contributed by atoms with Gasteiger partial charge in [0.05, 0.1) is 13.2 Å². The van der Waals surface area contributed by atoms with Gasteiger partial charge in [0.2, 0.25) is 17.6 Å². The first-order valence-electron chi connectivity index (χ1n) is 10.3. The summed E-state index contributed by atoms with van der Waals surface area (Å²) in [6, 6.07) is 8.13. The number of benzene rings is 1. The third-order valence-corrected chi connectivity index (χ3v) is 5.38. The van der Waals surface area contributed by atoms with E-state index in [4.69, 9.17) is 9.26 Å². The summed E-state index contributed by atoms with van der Waals surface area (Å²) in [4.78, 5) is 24.2. The van der Waals surface area contributed by atoms with Crippen molar-refractivity contribution in [2.24, 2.45) is 0 Å². The van der Waals surface area contributed by atoms with Crippen molar-refractivity contribution < 1.29 is 14.1 Å². The van der Waals surface area contributed by atoms with Crippen LogP contribution in [0.15, 0.2) is 35.0 Å². The summed E-state index contributed by atoms with van der Waals surface area (Å²) in [5, 5.41) is 8.16. The molecule has 2 aromatic heterocycles. The summed E-state index contributed by atoms with van der Waals surface area (Å²) in [5.74, 6) is 1.32. The first kappa shape index (κ1) is 20.5. The monoisotopic (exact) mass is 412 g/mol. The second-order valence-corrected chi connectivity index (χ2v) is 7.50. The molecule has 0 saturated carbocycles. The van der Waals surface area contributed by atoms with Crippen LogP contribution in [0.1, 0.15) is 5.89 Å². The van der Waals surface area contributed by atoms with Gasteiger partial charge in [0, 0.05) is 70.1 Å². The molecule has 1 saturated heterocycles. The second kappa shape index (κ2) is 9.84. The van der Waals surface area contributed by atoms with Crippen LogP contribution in [0.3, 0.4) is 0 Å². The molecule has 1 aromatic carbocycles. The number of hydrogen-bond acceptors (Lipinski definition) is 7. The summed E-state index contributed by atoms with van der Waals surface area (Å²) >= 11 is 0. The quantitative estimate of drug-likeness (QED) is 0.509. The second-order valence-electron chi connectivity index (χ2n) is 7.50. The first-order chi connectivity index (χ1) is 14.7. The molecule has 9 heteroatoms. The number of methoxy groups -OCH3 is 1. The maximum absolute atomic E-state index is 11.9. The van der Waals surface area contributed by atoms with Crippen LogP contribution >= 0.6 is 0 Å². The molecule has 2 N–H and O–H groups in total. The van der Waals surface area contributed by atoms with Gasteiger partial charge < -0.3 is 24.5 Å². The predicted octanol–water partition coefficient (Wildman–Crippen LogP) is 1.14. The zero-order valence-electron chi connectivity index (χ0n) is 17.3. The summed E-state index contributed by atoms with van der Waals surface area (Å²) in [6.45, 7) is 6.01. The van der Waals surface area contributed by atoms with E-state index in [0.29, 0.717) is 31.4 Å². The first-order valence-corrected chi connectivity index (χ1v) is 10.3. The van der Waals surface area contributed by atoms with Crippen LogP contribution in [0.2, 0.25) is 0 Å². The number of ether oxygens (including phenoxy) is 1. The van der Waals surface area contributed by atoms with E-state index in [-0.39, 0.29) is 5.91 Å². The van der Waals surface area contributed by atoms with Gasteiger partial charge in [-0.15, -0.1) is 0 Å². The SMILES string of the molecule is COCCNC(=O)CN1CCN(CCc2nc(-c3ccc4cc[nH]c4c3)no2)CC1. The number of carbonyl (C=O) groups excluding carboxylic acids is 1. The lowest BCUT2D eigenvalue weighted by Gasteiger charge is -2.34. The van der Waals surface area contributed by atoms with E-state index in [1.165, 1.54) is 0 Å². The average Bonchev–Trinajstić information content (AvgIpc) is 3.42. The Morgan fingerprint density at radius 3 is 2.90 bits per heavy atom. The van der Waals surface area contributed by atoms with E-state index < -0.39 is 0 Å². The molecule has 0 unspecified atom stereocenters. The zero-order chi connectivity index (χ0) is 20.8. The van der Waals surface area contributed by atoms with E-state index in [9.17, 15) is 4.79 Å². The maximum Gasteiger partial charge on any atom is 0.234 e. The molecular formula is C21H28N6O3. The largest absolute Gasteiger partial charge is 0.383 e. The highest BCUT2D eigenvalue weighted by Gasteiger charge is 2.19. The van der Waals surface area contributed by atoms with Crippen LogP contribution in [-0.4, -0.2) is 90.4 Å². The molecule has 0 radical (unpaired) electrons. The van der Waals surface area contributed by atoms with Gasteiger partial charge >= 0.3 is 0 Å². The third kappa shape index (κ3) is 5.24. The van der Waals surface area contributed by atoms with E-state index in [1.807, 2.05) is 24.4 Å². The number of hydrogen-bond donors (Lipinski definition) is 2. The number of carbonyl (C=O) groups is 1. The minimum absolute atomic E-state index is 0.0522. The Morgan fingerprint density at radius 1 is 1.23 bits per heavy atom. The van der Waals surface area contributed by atoms with Crippen LogP contribution in [0.5, 0.6) is 0 Å². The van der Waals surface area contributed by atoms with Gasteiger partial charge in [0.15, 0.2) is 0 Å². The minimum atomic E-state index is 0.0522. The molecule has 9 nitrogen and oxygen atoms in total. The molecule has 3 heterocycles. The number of aromatic nitrogens is 3. The Bertz CT molecular complexity index is 960. The normalized spacial score (nSPS) is 15.6. The Balaban J connectivity index is 1.21. The lowest BCUT2D eigenvalue weighted by molar-refractivity contribution is -0.122. The van der Waals surface area contributed by atoms with Crippen molar-refractivity contribution in [3.63, 3.8) is 0 Å². The number of nitrogens with zero attached hydrogens (tertiary/aromatic N) is 4. The average molecular weight is 412 g/mol. The molecule has 1 aliphatic rings. The highest BCUT2D eigenvalue weighted by atomic mass is 16.5. The fraction of sp³-hybridized carbons (Fsp3) is 0.476. The number of piperazine rings is 1. The van der Waals surface area contributed by atoms with Gasteiger partial charge in [-0.2, -0.15) is 4.98 Å². The Kier molecular flexibility index (Phi) is 6.73. The van der Waals surface area contributed by atoms with E-state index >= 15 is 0 Å². The van der Waals surface area contributed by atoms with Crippen molar-refractivity contribution in [3.8, 4) is 11.4 Å². The van der Waals surface area contributed by atoms with Gasteiger partial charge in [0.1, 0.15) is 0 Å². The lowest BCUT2D eigenvalue weighted by atomic mass is 10.1. The van der Waals surface area contributed by atoms with E-state index in [1.54, 1.807) is 7.11 Å². The molecule has 0 spiro atoms. The lowest BCUT2D eigenvalue weighted by Crippen LogP contribution is -2.50. The van der Waals surface area contributed by atoms with Crippen molar-refractivity contribution in [2.45, 2.75) is 6.42 Å². The Morgan fingerprint density at radius 2 is 2.07 bits per heavy atom. The Labute approximate surface area is 175 Å². The molecule has 0 atom stereocenters. The van der Waals surface area contributed by atoms with Crippen LogP contribution < -0.4 is 5.32 Å². The van der Waals surface area contributed by atoms with E-state index in [2.05, 4.69) is 36.3 Å². The summed E-state index contributed by atoms with van der Waals surface area (Å²) in [5.41, 5.74) is 2.00. The molecule has 0 aliphatic carbocycles. The van der Waals surface area contributed by atoms with Crippen molar-refractivity contribution in [1.82, 2.24) is 30.2 Å². The van der Waals surface area contributed by atoms with Gasteiger partial charge in [-0.3, -0.25) is 9.69 Å². The van der Waals surface area contributed by atoms with Gasteiger partial charge in [-0.25, -0.2) is 0 Å². The van der Waals surface area contributed by atoms with E-state index in [0.717, 1.165) is 55.6 Å². The highest BCUT2D eigenvalue weighted by molar-refractivity contribution is 5.83. The summed E-state index contributed by atoms with van der Waals surface area (Å²) in [7, 11) is 1.63. The number of aromatic amines is 1. The maximum atomic E-state index is 11.9. The summed E-state index contributed by atoms with van der Waals surface area (Å²) < 4.78 is 10.4. The van der Waals surface area contributed by atoms with Crippen molar-refractivity contribution >= 4 is 16.8 Å². The minimum Gasteiger partial charge on any atom is -0.383 e. The molecule has 3 aromatic rings. The molecule has 1 fully saturated rings. The van der Waals surface area contributed by atoms with Gasteiger partial charge in [0.25, 0.3) is 0 Å². The van der Waals surface area contributed by atoms with Gasteiger partial charge in [-0.05, 0) is 17.5 Å². The number of nitrogens with one attached hydrogen (secondary N) is 2. The van der Waals surface area contributed by atoms with Crippen LogP contribution in [0, 0.1) is 0 Å². The van der Waals surface area contributed by atoms with Crippen LogP contribution in [0.25, 0.3) is 22.3 Å². The Hall–Kier alpha value is -2.75. The number of amides is 1. The van der Waals surface area contributed by atoms with Crippen molar-refractivity contribution in [2.75, 3.05) is 59.5 Å². The molecule has 1 aliphatic heterocycles. The number of fused-ring (bicyclic) bond motifs is 1. The van der Waals surface area contributed by atoms with Crippen LogP contribution in [-0.2, 0) is 16.0 Å². The number of rotatable bonds is 9. The smallest absolute Gasteiger partial charge is 0.234 e. The molecule has 4 rings (SSSR count). The molecule has 30 heavy (non-hydrogen) atoms. The number of H-pyrrole nitrogens is 1. The molecule has 1 amide bonds.